The van der Waals surface area contributed by atoms with Gasteiger partial charge in [0.2, 0.25) is 0 Å². The first-order valence-electron chi connectivity index (χ1n) is 27.7. The molecule has 4 unspecified atom stereocenters. The minimum atomic E-state index is -4.71. The summed E-state index contributed by atoms with van der Waals surface area (Å²) in [6, 6.07) is 88.5. The van der Waals surface area contributed by atoms with Gasteiger partial charge >= 0.3 is 12.4 Å². The molecule has 4 atom stereocenters. The van der Waals surface area contributed by atoms with Gasteiger partial charge in [-0.1, -0.05) is 255 Å². The van der Waals surface area contributed by atoms with Gasteiger partial charge in [0.25, 0.3) is 0 Å². The minimum Gasteiger partial charge on any atom is -0.412 e. The second-order valence-corrected chi connectivity index (χ2v) is 26.2. The molecular formula is C72H62F6O8P2Yb2. The third-order valence-electron chi connectivity index (χ3n) is 15.2. The fourth-order valence-electron chi connectivity index (χ4n) is 10.8. The van der Waals surface area contributed by atoms with Crippen molar-refractivity contribution in [2.24, 2.45) is 0 Å². The van der Waals surface area contributed by atoms with Gasteiger partial charge in [0, 0.05) is 150 Å². The summed E-state index contributed by atoms with van der Waals surface area (Å²) in [6.45, 7) is 0. The van der Waals surface area contributed by atoms with Crippen LogP contribution in [0.25, 0.3) is 54.2 Å². The van der Waals surface area contributed by atoms with Gasteiger partial charge in [-0.15, -0.1) is 0 Å². The SMILES string of the molecule is O.O.O=P(c1ccccc1)(c1ccccc1)c1ccc2ccccc2c1-c1c(P(=O)(c2ccccc2)c2ccccc2)ccc2ccccc12.OC(CC(O)C(F)(F)F)c1ccc2ccccc2c1.OC(CC(O)C(F)(F)F)c1ccc2ccccc2c1.[Yb].[Yb]. The fraction of sp³-hybridized carbons (Fsp3) is 0.111. The van der Waals surface area contributed by atoms with E-state index < -0.39 is 63.9 Å². The molecule has 8 nitrogen and oxygen atoms in total. The molecule has 8 N–H and O–H groups in total. The molecule has 0 heterocycles. The van der Waals surface area contributed by atoms with E-state index in [2.05, 4.69) is 36.4 Å². The second-order valence-electron chi connectivity index (χ2n) is 20.8. The fourth-order valence-corrected chi connectivity index (χ4v) is 16.5. The first-order valence-corrected chi connectivity index (χ1v) is 31.1. The summed E-state index contributed by atoms with van der Waals surface area (Å²) in [6.07, 6.45) is -18.7. The number of aliphatic hydroxyl groups excluding tert-OH is 4. The van der Waals surface area contributed by atoms with E-state index in [1.807, 2.05) is 206 Å². The summed E-state index contributed by atoms with van der Waals surface area (Å²) < 4.78 is 106. The van der Waals surface area contributed by atoms with Crippen LogP contribution in [0.2, 0.25) is 0 Å². The van der Waals surface area contributed by atoms with E-state index >= 15 is 9.13 Å². The van der Waals surface area contributed by atoms with Crippen molar-refractivity contribution < 1.29 is 161 Å². The van der Waals surface area contributed by atoms with Gasteiger partial charge in [0.1, 0.15) is 0 Å². The van der Waals surface area contributed by atoms with Crippen molar-refractivity contribution >= 4 is 89.2 Å². The van der Waals surface area contributed by atoms with E-state index in [1.165, 1.54) is 0 Å². The van der Waals surface area contributed by atoms with Gasteiger partial charge in [-0.3, -0.25) is 0 Å². The predicted octanol–water partition coefficient (Wildman–Crippen LogP) is 13.7. The van der Waals surface area contributed by atoms with Crippen molar-refractivity contribution in [1.29, 1.82) is 0 Å². The van der Waals surface area contributed by atoms with Crippen LogP contribution >= 0.6 is 14.3 Å². The first kappa shape index (κ1) is 73.6. The Labute approximate surface area is 594 Å². The average molecular weight is 1580 g/mol. The summed E-state index contributed by atoms with van der Waals surface area (Å²) in [7, 11) is -6.94. The molecule has 0 saturated heterocycles. The molecule has 0 bridgehead atoms. The van der Waals surface area contributed by atoms with Gasteiger partial charge in [-0.2, -0.15) is 26.3 Å². The number of hydrogen-bond acceptors (Lipinski definition) is 6. The van der Waals surface area contributed by atoms with Crippen LogP contribution in [-0.4, -0.2) is 55.9 Å². The molecule has 12 aromatic carbocycles. The third kappa shape index (κ3) is 16.5. The van der Waals surface area contributed by atoms with Crippen LogP contribution in [0.15, 0.2) is 279 Å². The number of rotatable bonds is 13. The standard InChI is InChI=1S/C44H32O2P2.2C14H13F3O2.2H2O.2Yb/c45-47(35-19-5-1-6-20-35,36-21-7-2-8-22-36)41-31-29-33-17-13-15-27-39(33)43(41)44-40-28-16-14-18-34(40)30-32-42(44)48(46,37-23-9-3-10-24-37)38-25-11-4-12-26-38;2*15-14(16,17)13(19)8-12(18)11-6-5-9-3-1-2-4-10(9)7-11;;;;/h1-32H;2*1-7,12-13,18-19H,8H2;2*1H2;;. The van der Waals surface area contributed by atoms with Crippen LogP contribution in [0.5, 0.6) is 0 Å². The van der Waals surface area contributed by atoms with Crippen LogP contribution in [0.3, 0.4) is 0 Å². The molecule has 0 saturated carbocycles. The average Bonchev–Trinajstić information content (AvgIpc) is 2.38. The number of aliphatic hydroxyl groups is 4. The van der Waals surface area contributed by atoms with Crippen molar-refractivity contribution in [3.05, 3.63) is 290 Å². The van der Waals surface area contributed by atoms with Crippen molar-refractivity contribution in [3.8, 4) is 11.1 Å². The van der Waals surface area contributed by atoms with Crippen molar-refractivity contribution in [1.82, 2.24) is 0 Å². The van der Waals surface area contributed by atoms with Crippen LogP contribution in [0.4, 0.5) is 26.3 Å². The Morgan fingerprint density at radius 2 is 0.556 bits per heavy atom. The van der Waals surface area contributed by atoms with E-state index in [-0.39, 0.29) is 105 Å². The van der Waals surface area contributed by atoms with Crippen LogP contribution in [0, 0.1) is 93.8 Å². The predicted molar refractivity (Wildman–Crippen MR) is 344 cm³/mol. The number of hydrogen-bond donors (Lipinski definition) is 4. The molecule has 0 aromatic heterocycles. The molecule has 0 fully saturated rings. The maximum absolute atomic E-state index is 16.2. The van der Waals surface area contributed by atoms with Gasteiger partial charge in [0.15, 0.2) is 26.5 Å². The molecule has 0 radical (unpaired) electrons. The zero-order chi connectivity index (χ0) is 60.6. The Morgan fingerprint density at radius 1 is 0.311 bits per heavy atom. The third-order valence-corrected chi connectivity index (χ3v) is 21.4. The topological polar surface area (TPSA) is 178 Å². The quantitative estimate of drug-likeness (QED) is 0.0659. The van der Waals surface area contributed by atoms with Crippen LogP contribution in [-0.2, 0) is 9.13 Å². The molecule has 12 rings (SSSR count). The van der Waals surface area contributed by atoms with E-state index in [0.29, 0.717) is 11.1 Å². The summed E-state index contributed by atoms with van der Waals surface area (Å²) in [5, 5.41) is 49.4. The number of fused-ring (bicyclic) bond motifs is 4. The number of alkyl halides is 6. The van der Waals surface area contributed by atoms with Crippen molar-refractivity contribution in [2.45, 2.75) is 49.6 Å². The molecule has 0 spiro atoms. The summed E-state index contributed by atoms with van der Waals surface area (Å²) in [5.41, 5.74) is 2.43. The zero-order valence-electron chi connectivity index (χ0n) is 47.6. The van der Waals surface area contributed by atoms with Crippen molar-refractivity contribution in [3.63, 3.8) is 0 Å². The Kier molecular flexibility index (Phi) is 26.5. The monoisotopic (exact) mass is 1580 g/mol. The van der Waals surface area contributed by atoms with Gasteiger partial charge in [-0.05, 0) is 78.5 Å². The van der Waals surface area contributed by atoms with Gasteiger partial charge in [0.05, 0.1) is 12.2 Å². The molecule has 12 aromatic rings. The molecular weight excluding hydrogens is 1510 g/mol. The molecule has 0 amide bonds. The second kappa shape index (κ2) is 32.4. The normalized spacial score (nSPS) is 12.9. The maximum Gasteiger partial charge on any atom is 0.414 e. The molecule has 478 valence electrons. The molecule has 0 aliphatic heterocycles. The molecule has 18 heteroatoms. The smallest absolute Gasteiger partial charge is 0.412 e. The Morgan fingerprint density at radius 3 is 0.844 bits per heavy atom. The Bertz CT molecular complexity index is 4030. The number of benzene rings is 12. The largest absolute Gasteiger partial charge is 0.414 e. The van der Waals surface area contributed by atoms with Gasteiger partial charge < -0.3 is 40.5 Å². The van der Waals surface area contributed by atoms with Crippen molar-refractivity contribution in [2.75, 3.05) is 0 Å². The molecule has 90 heavy (non-hydrogen) atoms. The first-order chi connectivity index (χ1) is 41.3. The van der Waals surface area contributed by atoms with E-state index in [4.69, 9.17) is 10.2 Å². The number of halogens is 6. The summed E-state index contributed by atoms with van der Waals surface area (Å²) in [4.78, 5) is 0. The zero-order valence-corrected chi connectivity index (χ0v) is 52.8. The maximum atomic E-state index is 16.2. The molecule has 0 aliphatic rings. The molecule has 0 aliphatic carbocycles. The summed E-state index contributed by atoms with van der Waals surface area (Å²) >= 11 is 0. The minimum absolute atomic E-state index is 0. The Hall–Kier alpha value is -5.48. The van der Waals surface area contributed by atoms with Crippen LogP contribution < -0.4 is 31.8 Å². The van der Waals surface area contributed by atoms with E-state index in [0.717, 1.165) is 86.0 Å². The van der Waals surface area contributed by atoms with Crippen LogP contribution in [0.1, 0.15) is 36.2 Å². The Balaban J connectivity index is 0.000000254. The van der Waals surface area contributed by atoms with Gasteiger partial charge in [-0.25, -0.2) is 0 Å². The van der Waals surface area contributed by atoms with E-state index in [9.17, 15) is 36.6 Å². The summed E-state index contributed by atoms with van der Waals surface area (Å²) in [5.74, 6) is 0. The van der Waals surface area contributed by atoms with E-state index in [1.54, 1.807) is 36.4 Å².